The van der Waals surface area contributed by atoms with Crippen LogP contribution in [0.15, 0.2) is 72.4 Å². The summed E-state index contributed by atoms with van der Waals surface area (Å²) < 4.78 is 28.2. The highest BCUT2D eigenvalue weighted by molar-refractivity contribution is 5.92. The summed E-state index contributed by atoms with van der Waals surface area (Å²) in [7, 11) is 1.23. The van der Waals surface area contributed by atoms with Gasteiger partial charge in [-0.05, 0) is 51.7 Å². The van der Waals surface area contributed by atoms with Crippen LogP contribution in [0.4, 0.5) is 4.79 Å². The minimum Gasteiger partial charge on any atom is -0.464 e. The predicted octanol–water partition coefficient (Wildman–Crippen LogP) is 5.47. The highest BCUT2D eigenvalue weighted by Crippen LogP contribution is 2.21. The fraction of sp³-hybridized carbons (Fsp3) is 0.452. The van der Waals surface area contributed by atoms with E-state index in [1.54, 1.807) is 33.8 Å². The van der Waals surface area contributed by atoms with Crippen LogP contribution in [-0.2, 0) is 46.5 Å². The fourth-order valence-electron chi connectivity index (χ4n) is 3.86. The van der Waals surface area contributed by atoms with Gasteiger partial charge < -0.3 is 23.7 Å². The number of carbonyl (C=O) groups excluding carboxylic acids is 3. The molecule has 0 heterocycles. The Morgan fingerprint density at radius 1 is 0.900 bits per heavy atom. The van der Waals surface area contributed by atoms with E-state index < -0.39 is 41.9 Å². The van der Waals surface area contributed by atoms with E-state index in [2.05, 4.69) is 5.32 Å². The van der Waals surface area contributed by atoms with Crippen LogP contribution in [0, 0.1) is 0 Å². The first-order chi connectivity index (χ1) is 19.0. The average Bonchev–Trinajstić information content (AvgIpc) is 2.90. The smallest absolute Gasteiger partial charge is 0.412 e. The lowest BCUT2D eigenvalue weighted by molar-refractivity contribution is -0.168. The Morgan fingerprint density at radius 3 is 1.95 bits per heavy atom. The third kappa shape index (κ3) is 12.4. The maximum atomic E-state index is 12.3. The van der Waals surface area contributed by atoms with Crippen molar-refractivity contribution < 1.29 is 38.1 Å². The zero-order valence-corrected chi connectivity index (χ0v) is 24.2. The Balaban J connectivity index is 2.27. The van der Waals surface area contributed by atoms with Gasteiger partial charge in [-0.2, -0.15) is 0 Å². The lowest BCUT2D eigenvalue weighted by Crippen LogP contribution is -2.42. The summed E-state index contributed by atoms with van der Waals surface area (Å²) in [5, 5.41) is 2.46. The van der Waals surface area contributed by atoms with E-state index in [-0.39, 0.29) is 12.3 Å². The normalized spacial score (nSPS) is 14.0. The van der Waals surface area contributed by atoms with E-state index in [1.807, 2.05) is 60.7 Å². The molecule has 0 radical (unpaired) electrons. The maximum Gasteiger partial charge on any atom is 0.412 e. The number of ether oxygens (including phenoxy) is 5. The molecule has 0 aliphatic heterocycles. The number of methoxy groups -OCH3 is 1. The zero-order chi connectivity index (χ0) is 29.5. The van der Waals surface area contributed by atoms with Crippen molar-refractivity contribution in [2.24, 2.45) is 0 Å². The van der Waals surface area contributed by atoms with E-state index in [0.29, 0.717) is 19.4 Å². The van der Waals surface area contributed by atoms with Gasteiger partial charge >= 0.3 is 18.0 Å². The summed E-state index contributed by atoms with van der Waals surface area (Å²) in [6.07, 6.45) is -0.290. The molecular weight excluding hydrogens is 514 g/mol. The molecule has 0 bridgehead atoms. The second kappa shape index (κ2) is 16.4. The molecule has 9 heteroatoms. The molecule has 0 aliphatic carbocycles. The zero-order valence-electron chi connectivity index (χ0n) is 24.2. The first-order valence-electron chi connectivity index (χ1n) is 13.2. The fourth-order valence-corrected chi connectivity index (χ4v) is 3.86. The van der Waals surface area contributed by atoms with Gasteiger partial charge in [0.15, 0.2) is 0 Å². The highest BCUT2D eigenvalue weighted by Gasteiger charge is 2.31. The summed E-state index contributed by atoms with van der Waals surface area (Å²) in [5.74, 6) is -1.14. The molecular formula is C31H41NO8. The van der Waals surface area contributed by atoms with Crippen LogP contribution in [-0.4, -0.2) is 49.1 Å². The van der Waals surface area contributed by atoms with E-state index in [4.69, 9.17) is 23.7 Å². The highest BCUT2D eigenvalue weighted by atomic mass is 16.6. The molecule has 0 aliphatic rings. The van der Waals surface area contributed by atoms with E-state index >= 15 is 0 Å². The number of nitrogens with one attached hydrogen (secondary N) is 1. The summed E-state index contributed by atoms with van der Waals surface area (Å²) in [4.78, 5) is 36.5. The Hall–Kier alpha value is -3.69. The van der Waals surface area contributed by atoms with Gasteiger partial charge in [-0.1, -0.05) is 66.7 Å². The minimum atomic E-state index is -0.770. The lowest BCUT2D eigenvalue weighted by Gasteiger charge is -2.31. The Labute approximate surface area is 236 Å². The van der Waals surface area contributed by atoms with Gasteiger partial charge in [-0.25, -0.2) is 9.59 Å². The van der Waals surface area contributed by atoms with Crippen LogP contribution in [0.25, 0.3) is 0 Å². The van der Waals surface area contributed by atoms with Crippen LogP contribution in [0.1, 0.15) is 58.6 Å². The number of carbonyl (C=O) groups is 3. The molecule has 9 nitrogen and oxygen atoms in total. The molecule has 3 atom stereocenters. The number of alkyl carbamates (subject to hydrolysis) is 1. The molecule has 0 saturated heterocycles. The largest absolute Gasteiger partial charge is 0.464 e. The summed E-state index contributed by atoms with van der Waals surface area (Å²) in [6, 6.07) is 19.3. The third-order valence-electron chi connectivity index (χ3n) is 5.61. The number of benzene rings is 2. The number of hydrogen-bond donors (Lipinski definition) is 1. The molecule has 0 aromatic heterocycles. The van der Waals surface area contributed by atoms with Crippen molar-refractivity contribution in [2.45, 2.75) is 84.6 Å². The Kier molecular flexibility index (Phi) is 13.4. The molecule has 0 saturated carbocycles. The number of esters is 2. The van der Waals surface area contributed by atoms with Gasteiger partial charge in [0, 0.05) is 6.92 Å². The molecule has 2 rings (SSSR count). The van der Waals surface area contributed by atoms with Gasteiger partial charge in [-0.15, -0.1) is 0 Å². The second-order valence-electron chi connectivity index (χ2n) is 10.2. The second-order valence-corrected chi connectivity index (χ2v) is 10.2. The predicted molar refractivity (Wildman–Crippen MR) is 150 cm³/mol. The number of amides is 1. The van der Waals surface area contributed by atoms with E-state index in [9.17, 15) is 14.4 Å². The lowest BCUT2D eigenvalue weighted by atomic mass is 10.0. The standard InChI is InChI=1S/C31H41NO8/c1-22(39-23(2)33)28(38-21-25-16-11-8-12-17-25)27(37-20-24-14-9-7-10-15-24)19-13-18-26(29(34)36-6)32-30(35)40-31(3,4)5/h7-12,14-18,22,27-28H,13,19-21H2,1-6H3,(H,32,35). The molecule has 0 spiro atoms. The molecule has 2 aromatic rings. The third-order valence-corrected chi connectivity index (χ3v) is 5.61. The number of rotatable bonds is 14. The van der Waals surface area contributed by atoms with Gasteiger partial charge in [0.2, 0.25) is 0 Å². The molecule has 40 heavy (non-hydrogen) atoms. The quantitative estimate of drug-likeness (QED) is 0.186. The summed E-state index contributed by atoms with van der Waals surface area (Å²) in [6.45, 7) is 8.86. The molecule has 0 fully saturated rings. The monoisotopic (exact) mass is 555 g/mol. The van der Waals surface area contributed by atoms with Crippen LogP contribution in [0.5, 0.6) is 0 Å². The molecule has 1 amide bonds. The van der Waals surface area contributed by atoms with Crippen molar-refractivity contribution in [1.82, 2.24) is 5.32 Å². The van der Waals surface area contributed by atoms with Crippen molar-refractivity contribution in [3.05, 3.63) is 83.6 Å². The average molecular weight is 556 g/mol. The van der Waals surface area contributed by atoms with Crippen molar-refractivity contribution in [1.29, 1.82) is 0 Å². The van der Waals surface area contributed by atoms with Gasteiger partial charge in [0.25, 0.3) is 0 Å². The van der Waals surface area contributed by atoms with Gasteiger partial charge in [0.05, 0.1) is 26.4 Å². The van der Waals surface area contributed by atoms with Crippen molar-refractivity contribution in [3.63, 3.8) is 0 Å². The van der Waals surface area contributed by atoms with Crippen LogP contribution >= 0.6 is 0 Å². The van der Waals surface area contributed by atoms with Crippen molar-refractivity contribution in [3.8, 4) is 0 Å². The Morgan fingerprint density at radius 2 is 1.45 bits per heavy atom. The summed E-state index contributed by atoms with van der Waals surface area (Å²) in [5.41, 5.74) is 1.14. The van der Waals surface area contributed by atoms with E-state index in [1.165, 1.54) is 14.0 Å². The first kappa shape index (κ1) is 32.5. The Bertz CT molecular complexity index is 1100. The van der Waals surface area contributed by atoms with Crippen LogP contribution < -0.4 is 5.32 Å². The SMILES string of the molecule is COC(=O)C(=CCCC(OCc1ccccc1)C(OCc1ccccc1)C(C)OC(C)=O)NC(=O)OC(C)(C)C. The molecule has 218 valence electrons. The number of allylic oxidation sites excluding steroid dienone is 1. The van der Waals surface area contributed by atoms with Crippen LogP contribution in [0.2, 0.25) is 0 Å². The first-order valence-corrected chi connectivity index (χ1v) is 13.2. The molecule has 1 N–H and O–H groups in total. The topological polar surface area (TPSA) is 109 Å². The maximum absolute atomic E-state index is 12.3. The molecule has 2 aromatic carbocycles. The van der Waals surface area contributed by atoms with Gasteiger partial charge in [0.1, 0.15) is 23.5 Å². The van der Waals surface area contributed by atoms with E-state index in [0.717, 1.165) is 11.1 Å². The molecule has 3 unspecified atom stereocenters. The number of hydrogen-bond acceptors (Lipinski definition) is 8. The van der Waals surface area contributed by atoms with Crippen molar-refractivity contribution >= 4 is 18.0 Å². The van der Waals surface area contributed by atoms with Crippen molar-refractivity contribution in [2.75, 3.05) is 7.11 Å². The van der Waals surface area contributed by atoms with Gasteiger partial charge in [-0.3, -0.25) is 10.1 Å². The summed E-state index contributed by atoms with van der Waals surface area (Å²) >= 11 is 0. The minimum absolute atomic E-state index is 0.0478. The van der Waals surface area contributed by atoms with Crippen LogP contribution in [0.3, 0.4) is 0 Å².